The van der Waals surface area contributed by atoms with E-state index in [4.69, 9.17) is 17.0 Å². The van der Waals surface area contributed by atoms with Gasteiger partial charge in [-0.2, -0.15) is 0 Å². The summed E-state index contributed by atoms with van der Waals surface area (Å²) in [5.41, 5.74) is 1.06. The maximum Gasteiger partial charge on any atom is 0.173 e. The number of nitrogens with zero attached hydrogens (tertiary/aromatic N) is 1. The zero-order valence-electron chi connectivity index (χ0n) is 12.4. The van der Waals surface area contributed by atoms with Gasteiger partial charge in [0, 0.05) is 24.2 Å². The number of nitrogens with one attached hydrogen (secondary N) is 1. The quantitative estimate of drug-likeness (QED) is 0.813. The van der Waals surface area contributed by atoms with Crippen LogP contribution in [-0.2, 0) is 4.74 Å². The second-order valence-electron chi connectivity index (χ2n) is 5.62. The first-order valence-corrected chi connectivity index (χ1v) is 7.73. The molecule has 3 rings (SSSR count). The minimum Gasteiger partial charge on any atom is -0.372 e. The third-order valence-corrected chi connectivity index (χ3v) is 4.10. The lowest BCUT2D eigenvalue weighted by Crippen LogP contribution is -2.49. The van der Waals surface area contributed by atoms with Crippen LogP contribution in [0.1, 0.15) is 13.8 Å². The second kappa shape index (κ2) is 6.00. The molecular weight excluding hydrogens is 280 g/mol. The van der Waals surface area contributed by atoms with E-state index in [2.05, 4.69) is 66.5 Å². The summed E-state index contributed by atoms with van der Waals surface area (Å²) in [5, 5.41) is 6.58. The highest BCUT2D eigenvalue weighted by molar-refractivity contribution is 7.80. The molecule has 1 fully saturated rings. The Morgan fingerprint density at radius 3 is 2.52 bits per heavy atom. The highest BCUT2D eigenvalue weighted by Crippen LogP contribution is 2.23. The number of hydrogen-bond donors (Lipinski definition) is 1. The van der Waals surface area contributed by atoms with E-state index in [1.165, 1.54) is 10.8 Å². The van der Waals surface area contributed by atoms with Crippen molar-refractivity contribution in [1.82, 2.24) is 4.90 Å². The molecular formula is C17H20N2OS. The summed E-state index contributed by atoms with van der Waals surface area (Å²) in [6, 6.07) is 14.6. The minimum atomic E-state index is 0.209. The third-order valence-electron chi connectivity index (χ3n) is 3.74. The number of benzene rings is 2. The van der Waals surface area contributed by atoms with Gasteiger partial charge in [-0.05, 0) is 37.5 Å². The summed E-state index contributed by atoms with van der Waals surface area (Å²) in [5.74, 6) is 0. The van der Waals surface area contributed by atoms with Crippen LogP contribution < -0.4 is 5.32 Å². The lowest BCUT2D eigenvalue weighted by atomic mass is 10.1. The van der Waals surface area contributed by atoms with E-state index in [0.717, 1.165) is 23.9 Å². The van der Waals surface area contributed by atoms with E-state index in [9.17, 15) is 0 Å². The van der Waals surface area contributed by atoms with E-state index < -0.39 is 0 Å². The van der Waals surface area contributed by atoms with Crippen molar-refractivity contribution in [2.24, 2.45) is 0 Å². The van der Waals surface area contributed by atoms with Crippen LogP contribution in [0, 0.1) is 0 Å². The third kappa shape index (κ3) is 3.17. The number of ether oxygens (including phenoxy) is 1. The van der Waals surface area contributed by atoms with Crippen LogP contribution in [0.15, 0.2) is 42.5 Å². The van der Waals surface area contributed by atoms with E-state index in [-0.39, 0.29) is 12.2 Å². The average molecular weight is 300 g/mol. The maximum absolute atomic E-state index is 5.76. The largest absolute Gasteiger partial charge is 0.372 e. The summed E-state index contributed by atoms with van der Waals surface area (Å²) < 4.78 is 5.76. The van der Waals surface area contributed by atoms with E-state index >= 15 is 0 Å². The van der Waals surface area contributed by atoms with Crippen LogP contribution in [0.2, 0.25) is 0 Å². The van der Waals surface area contributed by atoms with Crippen molar-refractivity contribution in [3.63, 3.8) is 0 Å². The summed E-state index contributed by atoms with van der Waals surface area (Å²) in [7, 11) is 0. The summed E-state index contributed by atoms with van der Waals surface area (Å²) >= 11 is 5.58. The van der Waals surface area contributed by atoms with Gasteiger partial charge in [0.25, 0.3) is 0 Å². The zero-order valence-corrected chi connectivity index (χ0v) is 13.2. The van der Waals surface area contributed by atoms with Crippen molar-refractivity contribution < 1.29 is 4.74 Å². The highest BCUT2D eigenvalue weighted by atomic mass is 32.1. The first-order valence-electron chi connectivity index (χ1n) is 7.32. The molecule has 1 N–H and O–H groups in total. The summed E-state index contributed by atoms with van der Waals surface area (Å²) in [6.45, 7) is 5.84. The Labute approximate surface area is 130 Å². The van der Waals surface area contributed by atoms with Crippen LogP contribution in [0.4, 0.5) is 5.69 Å². The second-order valence-corrected chi connectivity index (χ2v) is 6.01. The standard InChI is InChI=1S/C17H20N2OS/c1-12-10-19(11-13(2)20-12)17(21)18-16-9-5-7-14-6-3-4-8-15(14)16/h3-9,12-13H,10-11H2,1-2H3,(H,18,21)/t12-,13-/m1/s1. The fraction of sp³-hybridized carbons (Fsp3) is 0.353. The van der Waals surface area contributed by atoms with Crippen molar-refractivity contribution in [3.05, 3.63) is 42.5 Å². The van der Waals surface area contributed by atoms with Crippen molar-refractivity contribution >= 4 is 33.8 Å². The number of rotatable bonds is 1. The number of morpholine rings is 1. The summed E-state index contributed by atoms with van der Waals surface area (Å²) in [6.07, 6.45) is 0.419. The van der Waals surface area contributed by atoms with Crippen LogP contribution >= 0.6 is 12.2 Å². The van der Waals surface area contributed by atoms with Gasteiger partial charge in [-0.3, -0.25) is 0 Å². The molecule has 1 aliphatic rings. The van der Waals surface area contributed by atoms with Gasteiger partial charge in [0.15, 0.2) is 5.11 Å². The van der Waals surface area contributed by atoms with Crippen molar-refractivity contribution in [3.8, 4) is 0 Å². The van der Waals surface area contributed by atoms with Gasteiger partial charge in [-0.15, -0.1) is 0 Å². The van der Waals surface area contributed by atoms with Crippen LogP contribution in [-0.4, -0.2) is 35.3 Å². The van der Waals surface area contributed by atoms with Crippen molar-refractivity contribution in [2.45, 2.75) is 26.1 Å². The van der Waals surface area contributed by atoms with Gasteiger partial charge < -0.3 is 15.0 Å². The Bertz CT molecular complexity index is 643. The molecule has 21 heavy (non-hydrogen) atoms. The molecule has 0 aliphatic carbocycles. The lowest BCUT2D eigenvalue weighted by Gasteiger charge is -2.37. The molecule has 0 spiro atoms. The normalized spacial score (nSPS) is 22.3. The molecule has 1 saturated heterocycles. The van der Waals surface area contributed by atoms with Gasteiger partial charge in [0.05, 0.1) is 12.2 Å². The number of hydrogen-bond acceptors (Lipinski definition) is 2. The average Bonchev–Trinajstić information content (AvgIpc) is 2.46. The molecule has 1 heterocycles. The van der Waals surface area contributed by atoms with Crippen LogP contribution in [0.25, 0.3) is 10.8 Å². The molecule has 1 aliphatic heterocycles. The molecule has 0 radical (unpaired) electrons. The Balaban J connectivity index is 1.80. The molecule has 110 valence electrons. The van der Waals surface area contributed by atoms with Gasteiger partial charge in [-0.25, -0.2) is 0 Å². The van der Waals surface area contributed by atoms with Crippen molar-refractivity contribution in [2.75, 3.05) is 18.4 Å². The number of fused-ring (bicyclic) bond motifs is 1. The van der Waals surface area contributed by atoms with E-state index in [1.54, 1.807) is 0 Å². The summed E-state index contributed by atoms with van der Waals surface area (Å²) in [4.78, 5) is 2.19. The molecule has 0 bridgehead atoms. The fourth-order valence-electron chi connectivity index (χ4n) is 2.87. The molecule has 0 amide bonds. The van der Waals surface area contributed by atoms with Crippen molar-refractivity contribution in [1.29, 1.82) is 0 Å². The first-order chi connectivity index (χ1) is 10.1. The Hall–Kier alpha value is -1.65. The van der Waals surface area contributed by atoms with E-state index in [1.807, 2.05) is 0 Å². The zero-order chi connectivity index (χ0) is 14.8. The van der Waals surface area contributed by atoms with Gasteiger partial charge in [0.2, 0.25) is 0 Å². The molecule has 2 aromatic carbocycles. The predicted molar refractivity (Wildman–Crippen MR) is 91.8 cm³/mol. The molecule has 2 atom stereocenters. The molecule has 0 saturated carbocycles. The molecule has 3 nitrogen and oxygen atoms in total. The maximum atomic E-state index is 5.76. The van der Waals surface area contributed by atoms with E-state index in [0.29, 0.717) is 0 Å². The number of thiocarbonyl (C=S) groups is 1. The van der Waals surface area contributed by atoms with Crippen LogP contribution in [0.3, 0.4) is 0 Å². The lowest BCUT2D eigenvalue weighted by molar-refractivity contribution is -0.0473. The highest BCUT2D eigenvalue weighted by Gasteiger charge is 2.24. The van der Waals surface area contributed by atoms with Gasteiger partial charge in [-0.1, -0.05) is 36.4 Å². The number of anilines is 1. The first kappa shape index (κ1) is 14.3. The molecule has 4 heteroatoms. The minimum absolute atomic E-state index is 0.209. The predicted octanol–water partition coefficient (Wildman–Crippen LogP) is 3.65. The molecule has 0 aromatic heterocycles. The van der Waals surface area contributed by atoms with Gasteiger partial charge >= 0.3 is 0 Å². The monoisotopic (exact) mass is 300 g/mol. The fourth-order valence-corrected chi connectivity index (χ4v) is 3.13. The Kier molecular flexibility index (Phi) is 4.08. The van der Waals surface area contributed by atoms with Gasteiger partial charge in [0.1, 0.15) is 0 Å². The SMILES string of the molecule is C[C@@H]1CN(C(=S)Nc2cccc3ccccc23)C[C@@H](C)O1. The smallest absolute Gasteiger partial charge is 0.173 e. The topological polar surface area (TPSA) is 24.5 Å². The van der Waals surface area contributed by atoms with Crippen LogP contribution in [0.5, 0.6) is 0 Å². The molecule has 0 unspecified atom stereocenters. The molecule has 2 aromatic rings. The Morgan fingerprint density at radius 2 is 1.76 bits per heavy atom. The Morgan fingerprint density at radius 1 is 1.10 bits per heavy atom.